The van der Waals surface area contributed by atoms with E-state index in [1.165, 1.54) is 24.4 Å². The van der Waals surface area contributed by atoms with Crippen molar-refractivity contribution in [2.75, 3.05) is 5.88 Å². The van der Waals surface area contributed by atoms with Gasteiger partial charge < -0.3 is 4.43 Å². The molecule has 2 rings (SSSR count). The first-order valence-corrected chi connectivity index (χ1v) is 11.0. The third-order valence-electron chi connectivity index (χ3n) is 3.97. The Bertz CT molecular complexity index is 380. The van der Waals surface area contributed by atoms with Crippen LogP contribution in [0.5, 0.6) is 0 Å². The molecule has 1 heterocycles. The maximum Gasteiger partial charge on any atom is 0.187 e. The van der Waals surface area contributed by atoms with Gasteiger partial charge >= 0.3 is 0 Å². The lowest BCUT2D eigenvalue weighted by Crippen LogP contribution is -2.40. The van der Waals surface area contributed by atoms with Crippen molar-refractivity contribution in [3.8, 4) is 0 Å². The Morgan fingerprint density at radius 3 is 2.68 bits per heavy atom. The fourth-order valence-corrected chi connectivity index (χ4v) is 5.54. The second-order valence-corrected chi connectivity index (χ2v) is 10.9. The standard InChI is InChI=1S/C16H25ClOSi/c1-19(2)10-6-9-16(18-19)12-15(13-17)11-14-7-4-3-5-8-14/h3-5,7-8,15-16H,6,9-13H2,1-2H3. The average molecular weight is 297 g/mol. The van der Waals surface area contributed by atoms with Gasteiger partial charge in [0.1, 0.15) is 0 Å². The van der Waals surface area contributed by atoms with E-state index in [1.807, 2.05) is 0 Å². The average Bonchev–Trinajstić information content (AvgIpc) is 2.38. The third kappa shape index (κ3) is 4.94. The first-order chi connectivity index (χ1) is 9.09. The van der Waals surface area contributed by atoms with Crippen LogP contribution in [0.15, 0.2) is 30.3 Å². The van der Waals surface area contributed by atoms with Crippen LogP contribution in [-0.4, -0.2) is 20.3 Å². The van der Waals surface area contributed by atoms with Crippen LogP contribution in [0.3, 0.4) is 0 Å². The molecule has 0 saturated carbocycles. The predicted molar refractivity (Wildman–Crippen MR) is 85.4 cm³/mol. The van der Waals surface area contributed by atoms with E-state index in [0.29, 0.717) is 12.0 Å². The number of alkyl halides is 1. The zero-order valence-electron chi connectivity index (χ0n) is 12.1. The van der Waals surface area contributed by atoms with Crippen molar-refractivity contribution in [1.82, 2.24) is 0 Å². The predicted octanol–water partition coefficient (Wildman–Crippen LogP) is 4.86. The van der Waals surface area contributed by atoms with Gasteiger partial charge in [-0.05, 0) is 49.9 Å². The Morgan fingerprint density at radius 1 is 1.32 bits per heavy atom. The van der Waals surface area contributed by atoms with Crippen molar-refractivity contribution in [3.05, 3.63) is 35.9 Å². The van der Waals surface area contributed by atoms with Crippen LogP contribution in [0.4, 0.5) is 0 Å². The minimum Gasteiger partial charge on any atom is -0.414 e. The minimum absolute atomic E-state index is 0.447. The van der Waals surface area contributed by atoms with Crippen LogP contribution in [0.1, 0.15) is 24.8 Å². The molecule has 2 unspecified atom stereocenters. The van der Waals surface area contributed by atoms with Crippen molar-refractivity contribution in [3.63, 3.8) is 0 Å². The summed E-state index contributed by atoms with van der Waals surface area (Å²) in [6.07, 6.45) is 5.20. The Labute approximate surface area is 123 Å². The summed E-state index contributed by atoms with van der Waals surface area (Å²) in [5, 5.41) is 0. The minimum atomic E-state index is -1.37. The summed E-state index contributed by atoms with van der Waals surface area (Å²) in [4.78, 5) is 0. The molecule has 1 aliphatic heterocycles. The van der Waals surface area contributed by atoms with E-state index in [1.54, 1.807) is 0 Å². The normalized spacial score (nSPS) is 24.1. The Balaban J connectivity index is 1.88. The van der Waals surface area contributed by atoms with Gasteiger partial charge in [0.2, 0.25) is 0 Å². The van der Waals surface area contributed by atoms with Crippen LogP contribution >= 0.6 is 11.6 Å². The van der Waals surface area contributed by atoms with Gasteiger partial charge in [0.15, 0.2) is 8.32 Å². The summed E-state index contributed by atoms with van der Waals surface area (Å²) in [6.45, 7) is 4.68. The number of rotatable bonds is 5. The molecule has 1 aliphatic rings. The molecule has 0 bridgehead atoms. The van der Waals surface area contributed by atoms with Gasteiger partial charge in [0, 0.05) is 12.0 Å². The molecule has 0 amide bonds. The van der Waals surface area contributed by atoms with Crippen LogP contribution in [0.25, 0.3) is 0 Å². The smallest absolute Gasteiger partial charge is 0.187 e. The van der Waals surface area contributed by atoms with Crippen LogP contribution in [0.2, 0.25) is 19.1 Å². The van der Waals surface area contributed by atoms with E-state index < -0.39 is 8.32 Å². The highest BCUT2D eigenvalue weighted by molar-refractivity contribution is 6.71. The molecule has 0 aromatic heterocycles. The molecular weight excluding hydrogens is 272 g/mol. The zero-order valence-corrected chi connectivity index (χ0v) is 13.8. The molecule has 1 saturated heterocycles. The first kappa shape index (κ1) is 15.1. The van der Waals surface area contributed by atoms with Gasteiger partial charge in [-0.2, -0.15) is 0 Å². The van der Waals surface area contributed by atoms with Crippen LogP contribution in [0, 0.1) is 5.92 Å². The van der Waals surface area contributed by atoms with Crippen molar-refractivity contribution in [2.45, 2.75) is 50.9 Å². The fraction of sp³-hybridized carbons (Fsp3) is 0.625. The molecule has 0 aliphatic carbocycles. The first-order valence-electron chi connectivity index (χ1n) is 7.37. The largest absolute Gasteiger partial charge is 0.414 e. The molecule has 1 aromatic carbocycles. The molecule has 0 N–H and O–H groups in total. The van der Waals surface area contributed by atoms with Gasteiger partial charge in [-0.3, -0.25) is 0 Å². The number of benzene rings is 1. The number of hydrogen-bond acceptors (Lipinski definition) is 1. The highest BCUT2D eigenvalue weighted by Gasteiger charge is 2.31. The lowest BCUT2D eigenvalue weighted by Gasteiger charge is -2.36. The van der Waals surface area contributed by atoms with Crippen molar-refractivity contribution >= 4 is 19.9 Å². The Kier molecular flexibility index (Phi) is 5.49. The van der Waals surface area contributed by atoms with E-state index in [9.17, 15) is 0 Å². The summed E-state index contributed by atoms with van der Waals surface area (Å²) >= 11 is 6.16. The van der Waals surface area contributed by atoms with Gasteiger partial charge in [-0.15, -0.1) is 11.6 Å². The van der Waals surface area contributed by atoms with Crippen molar-refractivity contribution < 1.29 is 4.43 Å². The Morgan fingerprint density at radius 2 is 2.05 bits per heavy atom. The molecule has 0 spiro atoms. The van der Waals surface area contributed by atoms with Crippen molar-refractivity contribution in [1.29, 1.82) is 0 Å². The molecule has 1 nitrogen and oxygen atoms in total. The van der Waals surface area contributed by atoms with Crippen molar-refractivity contribution in [2.24, 2.45) is 5.92 Å². The zero-order chi connectivity index (χ0) is 13.7. The van der Waals surface area contributed by atoms with E-state index in [-0.39, 0.29) is 0 Å². The molecule has 106 valence electrons. The second kappa shape index (κ2) is 6.92. The van der Waals surface area contributed by atoms with E-state index in [0.717, 1.165) is 18.7 Å². The molecule has 1 fully saturated rings. The number of hydrogen-bond donors (Lipinski definition) is 0. The van der Waals surface area contributed by atoms with E-state index >= 15 is 0 Å². The van der Waals surface area contributed by atoms with Gasteiger partial charge in [-0.25, -0.2) is 0 Å². The second-order valence-electron chi connectivity index (χ2n) is 6.34. The third-order valence-corrected chi connectivity index (χ3v) is 6.94. The summed E-state index contributed by atoms with van der Waals surface area (Å²) in [5.74, 6) is 1.27. The molecule has 2 atom stereocenters. The SMILES string of the molecule is C[Si]1(C)CCCC(CC(CCl)Cc2ccccc2)O1. The highest BCUT2D eigenvalue weighted by Crippen LogP contribution is 2.30. The maximum atomic E-state index is 6.32. The fourth-order valence-electron chi connectivity index (χ4n) is 3.01. The lowest BCUT2D eigenvalue weighted by molar-refractivity contribution is 0.135. The van der Waals surface area contributed by atoms with Crippen LogP contribution in [-0.2, 0) is 10.8 Å². The molecule has 3 heteroatoms. The van der Waals surface area contributed by atoms with Gasteiger partial charge in [-0.1, -0.05) is 36.8 Å². The quantitative estimate of drug-likeness (QED) is 0.557. The molecule has 19 heavy (non-hydrogen) atoms. The van der Waals surface area contributed by atoms with Crippen LogP contribution < -0.4 is 0 Å². The molecule has 0 radical (unpaired) electrons. The van der Waals surface area contributed by atoms with E-state index in [4.69, 9.17) is 16.0 Å². The van der Waals surface area contributed by atoms with E-state index in [2.05, 4.69) is 43.4 Å². The lowest BCUT2D eigenvalue weighted by atomic mass is 9.94. The molecule has 1 aromatic rings. The summed E-state index contributed by atoms with van der Waals surface area (Å²) < 4.78 is 6.32. The monoisotopic (exact) mass is 296 g/mol. The summed E-state index contributed by atoms with van der Waals surface area (Å²) in [7, 11) is -1.37. The Hall–Kier alpha value is -0.313. The molecular formula is C16H25ClOSi. The number of halogens is 1. The maximum absolute atomic E-state index is 6.32. The van der Waals surface area contributed by atoms with Gasteiger partial charge in [0.25, 0.3) is 0 Å². The topological polar surface area (TPSA) is 9.23 Å². The highest BCUT2D eigenvalue weighted by atomic mass is 35.5. The summed E-state index contributed by atoms with van der Waals surface area (Å²) in [6, 6.07) is 12.0. The summed E-state index contributed by atoms with van der Waals surface area (Å²) in [5.41, 5.74) is 1.39. The van der Waals surface area contributed by atoms with Gasteiger partial charge in [0.05, 0.1) is 0 Å².